The van der Waals surface area contributed by atoms with Gasteiger partial charge in [-0.25, -0.2) is 17.6 Å². The van der Waals surface area contributed by atoms with Gasteiger partial charge in [0.1, 0.15) is 11.6 Å². The second-order valence-corrected chi connectivity index (χ2v) is 11.4. The number of carbonyl (C=O) groups excluding carboxylic acids is 1. The fourth-order valence-electron chi connectivity index (χ4n) is 4.32. The average Bonchev–Trinajstić information content (AvgIpc) is 2.96. The fraction of sp³-hybridized carbons (Fsp3) is 0.321. The van der Waals surface area contributed by atoms with Crippen molar-refractivity contribution in [3.63, 3.8) is 0 Å². The molecule has 8 nitrogen and oxygen atoms in total. The van der Waals surface area contributed by atoms with Crippen molar-refractivity contribution in [1.29, 1.82) is 0 Å². The van der Waals surface area contributed by atoms with Crippen molar-refractivity contribution in [2.45, 2.75) is 17.6 Å². The number of sulfonamides is 1. The van der Waals surface area contributed by atoms with Crippen LogP contribution in [-0.2, 0) is 26.1 Å². The average molecular weight is 577 g/mol. The largest absolute Gasteiger partial charge is 0.497 e. The van der Waals surface area contributed by atoms with Crippen LogP contribution >= 0.6 is 11.6 Å². The molecule has 11 heteroatoms. The van der Waals surface area contributed by atoms with Crippen molar-refractivity contribution in [2.24, 2.45) is 0 Å². The molecule has 0 bridgehead atoms. The SMILES string of the molecule is COC(=O)c1ccc(CO[C@H](CN2CCN(S(=O)(=O)c3ccc(F)c(Cl)c3)CC2)c2cccc(OC)c2)cc1. The summed E-state index contributed by atoms with van der Waals surface area (Å²) in [5, 5.41) is -0.229. The van der Waals surface area contributed by atoms with Crippen molar-refractivity contribution in [3.05, 3.63) is 94.3 Å². The number of benzene rings is 3. The quantitative estimate of drug-likeness (QED) is 0.328. The molecular formula is C28H30ClFN2O6S. The number of piperazine rings is 1. The van der Waals surface area contributed by atoms with Crippen molar-refractivity contribution in [3.8, 4) is 5.75 Å². The Morgan fingerprint density at radius 3 is 2.36 bits per heavy atom. The number of halogens is 2. The summed E-state index contributed by atoms with van der Waals surface area (Å²) in [6.45, 7) is 2.37. The number of nitrogens with zero attached hydrogens (tertiary/aromatic N) is 2. The first-order valence-electron chi connectivity index (χ1n) is 12.3. The number of methoxy groups -OCH3 is 2. The van der Waals surface area contributed by atoms with Crippen LogP contribution in [0.15, 0.2) is 71.6 Å². The van der Waals surface area contributed by atoms with E-state index >= 15 is 0 Å². The standard InChI is InChI=1S/C28H30ClFN2O6S/c1-36-23-5-3-4-22(16-23)27(38-19-20-6-8-21(9-7-20)28(33)37-2)18-31-12-14-32(15-13-31)39(34,35)24-10-11-26(30)25(29)17-24/h3-11,16-17,27H,12-15,18-19H2,1-2H3/t27-/m1/s1. The Morgan fingerprint density at radius 2 is 1.72 bits per heavy atom. The molecule has 0 radical (unpaired) electrons. The maximum Gasteiger partial charge on any atom is 0.337 e. The molecule has 0 unspecified atom stereocenters. The van der Waals surface area contributed by atoms with Gasteiger partial charge in [0, 0.05) is 32.7 Å². The lowest BCUT2D eigenvalue weighted by atomic mass is 10.1. The van der Waals surface area contributed by atoms with Gasteiger partial charge in [-0.3, -0.25) is 4.90 Å². The first-order valence-corrected chi connectivity index (χ1v) is 14.1. The third-order valence-corrected chi connectivity index (χ3v) is 8.76. The van der Waals surface area contributed by atoms with Gasteiger partial charge in [-0.15, -0.1) is 0 Å². The van der Waals surface area contributed by atoms with Gasteiger partial charge in [-0.05, 0) is 53.6 Å². The van der Waals surface area contributed by atoms with Gasteiger partial charge in [0.05, 0.1) is 42.4 Å². The minimum atomic E-state index is -3.80. The van der Waals surface area contributed by atoms with Crippen LogP contribution in [0.1, 0.15) is 27.6 Å². The lowest BCUT2D eigenvalue weighted by Gasteiger charge is -2.36. The lowest BCUT2D eigenvalue weighted by Crippen LogP contribution is -2.49. The van der Waals surface area contributed by atoms with Crippen LogP contribution in [0.3, 0.4) is 0 Å². The number of esters is 1. The zero-order chi connectivity index (χ0) is 28.0. The summed E-state index contributed by atoms with van der Waals surface area (Å²) in [5.74, 6) is -0.360. The number of ether oxygens (including phenoxy) is 3. The van der Waals surface area contributed by atoms with E-state index < -0.39 is 21.8 Å². The van der Waals surface area contributed by atoms with Crippen LogP contribution in [0.25, 0.3) is 0 Å². The zero-order valence-electron chi connectivity index (χ0n) is 21.7. The van der Waals surface area contributed by atoms with E-state index in [2.05, 4.69) is 4.90 Å². The monoisotopic (exact) mass is 576 g/mol. The van der Waals surface area contributed by atoms with Crippen LogP contribution in [0.2, 0.25) is 5.02 Å². The zero-order valence-corrected chi connectivity index (χ0v) is 23.3. The molecule has 0 saturated carbocycles. The molecule has 0 aromatic heterocycles. The smallest absolute Gasteiger partial charge is 0.337 e. The van der Waals surface area contributed by atoms with E-state index in [9.17, 15) is 17.6 Å². The highest BCUT2D eigenvalue weighted by molar-refractivity contribution is 7.89. The Kier molecular flexibility index (Phi) is 9.58. The minimum absolute atomic E-state index is 0.0295. The van der Waals surface area contributed by atoms with Crippen molar-refractivity contribution < 1.29 is 31.8 Å². The molecule has 1 fully saturated rings. The summed E-state index contributed by atoms with van der Waals surface area (Å²) >= 11 is 5.81. The molecule has 1 heterocycles. The molecule has 0 spiro atoms. The van der Waals surface area contributed by atoms with Gasteiger partial charge in [0.15, 0.2) is 0 Å². The molecule has 1 aliphatic heterocycles. The molecule has 208 valence electrons. The number of hydrogen-bond donors (Lipinski definition) is 0. The van der Waals surface area contributed by atoms with Crippen molar-refractivity contribution in [2.75, 3.05) is 46.9 Å². The second-order valence-electron chi connectivity index (χ2n) is 9.05. The molecule has 3 aromatic rings. The predicted octanol–water partition coefficient (Wildman–Crippen LogP) is 4.54. The number of rotatable bonds is 10. The fourth-order valence-corrected chi connectivity index (χ4v) is 6.02. The molecule has 4 rings (SSSR count). The summed E-state index contributed by atoms with van der Waals surface area (Å²) in [5.41, 5.74) is 2.28. The summed E-state index contributed by atoms with van der Waals surface area (Å²) in [4.78, 5) is 13.8. The minimum Gasteiger partial charge on any atom is -0.497 e. The lowest BCUT2D eigenvalue weighted by molar-refractivity contribution is 0.00761. The normalized spacial score (nSPS) is 15.6. The molecule has 3 aromatic carbocycles. The van der Waals surface area contributed by atoms with E-state index in [1.165, 1.54) is 17.5 Å². The highest BCUT2D eigenvalue weighted by Crippen LogP contribution is 2.27. The van der Waals surface area contributed by atoms with Crippen molar-refractivity contribution in [1.82, 2.24) is 9.21 Å². The molecule has 1 saturated heterocycles. The third-order valence-electron chi connectivity index (χ3n) is 6.58. The molecule has 1 aliphatic rings. The van der Waals surface area contributed by atoms with Gasteiger partial charge < -0.3 is 14.2 Å². The Balaban J connectivity index is 1.43. The van der Waals surface area contributed by atoms with Crippen LogP contribution in [0.4, 0.5) is 4.39 Å². The second kappa shape index (κ2) is 12.9. The van der Waals surface area contributed by atoms with Crippen LogP contribution in [0, 0.1) is 5.82 Å². The predicted molar refractivity (Wildman–Crippen MR) is 145 cm³/mol. The Hall–Kier alpha value is -3.02. The van der Waals surface area contributed by atoms with Gasteiger partial charge >= 0.3 is 5.97 Å². The Bertz CT molecular complexity index is 1400. The third kappa shape index (κ3) is 7.14. The van der Waals surface area contributed by atoms with E-state index in [4.69, 9.17) is 25.8 Å². The molecule has 0 amide bonds. The summed E-state index contributed by atoms with van der Waals surface area (Å²) in [6.07, 6.45) is -0.320. The molecule has 0 aliphatic carbocycles. The molecule has 39 heavy (non-hydrogen) atoms. The molecule has 0 N–H and O–H groups in total. The maximum atomic E-state index is 13.5. The van der Waals surface area contributed by atoms with Gasteiger partial charge in [-0.2, -0.15) is 4.31 Å². The number of carbonyl (C=O) groups is 1. The highest BCUT2D eigenvalue weighted by Gasteiger charge is 2.30. The molecule has 1 atom stereocenters. The van der Waals surface area contributed by atoms with E-state index in [1.54, 1.807) is 19.2 Å². The van der Waals surface area contributed by atoms with Gasteiger partial charge in [0.25, 0.3) is 0 Å². The van der Waals surface area contributed by atoms with E-state index in [-0.39, 0.29) is 29.1 Å². The highest BCUT2D eigenvalue weighted by atomic mass is 35.5. The van der Waals surface area contributed by atoms with Crippen LogP contribution < -0.4 is 4.74 Å². The molecular weight excluding hydrogens is 547 g/mol. The summed E-state index contributed by atoms with van der Waals surface area (Å²) in [7, 11) is -0.855. The first-order chi connectivity index (χ1) is 18.7. The topological polar surface area (TPSA) is 85.4 Å². The Labute approximate surface area is 232 Å². The summed E-state index contributed by atoms with van der Waals surface area (Å²) < 4.78 is 57.6. The van der Waals surface area contributed by atoms with E-state index in [0.717, 1.165) is 23.3 Å². The Morgan fingerprint density at radius 1 is 1.00 bits per heavy atom. The van der Waals surface area contributed by atoms with Crippen molar-refractivity contribution >= 4 is 27.6 Å². The van der Waals surface area contributed by atoms with Gasteiger partial charge in [-0.1, -0.05) is 35.9 Å². The summed E-state index contributed by atoms with van der Waals surface area (Å²) in [6, 6.07) is 18.1. The number of hydrogen-bond acceptors (Lipinski definition) is 7. The van der Waals surface area contributed by atoms with E-state index in [0.29, 0.717) is 37.6 Å². The van der Waals surface area contributed by atoms with Gasteiger partial charge in [0.2, 0.25) is 10.0 Å². The first kappa shape index (κ1) is 29.0. The van der Waals surface area contributed by atoms with Crippen LogP contribution in [-0.4, -0.2) is 70.5 Å². The van der Waals surface area contributed by atoms with Crippen LogP contribution in [0.5, 0.6) is 5.75 Å². The maximum absolute atomic E-state index is 13.5. The van der Waals surface area contributed by atoms with E-state index in [1.807, 2.05) is 36.4 Å².